The molecule has 4 N–H and O–H groups in total. The number of fused-ring (bicyclic) bond motifs is 1. The van der Waals surface area contributed by atoms with Crippen molar-refractivity contribution in [3.63, 3.8) is 0 Å². The number of nitrogens with zero attached hydrogens (tertiary/aromatic N) is 3. The number of carbonyl (C=O) groups excluding carboxylic acids is 2. The molecule has 0 radical (unpaired) electrons. The molecule has 1 aromatic carbocycles. The van der Waals surface area contributed by atoms with Crippen LogP contribution in [0.2, 0.25) is 0 Å². The van der Waals surface area contributed by atoms with Gasteiger partial charge in [-0.2, -0.15) is 0 Å². The number of aromatic hydroxyl groups is 1. The van der Waals surface area contributed by atoms with Gasteiger partial charge in [0.15, 0.2) is 11.4 Å². The zero-order valence-corrected chi connectivity index (χ0v) is 20.3. The smallest absolute Gasteiger partial charge is 0.328 e. The van der Waals surface area contributed by atoms with Gasteiger partial charge in [-0.3, -0.25) is 28.6 Å². The summed E-state index contributed by atoms with van der Waals surface area (Å²) in [5.41, 5.74) is -4.25. The molecule has 1 saturated carbocycles. The first kappa shape index (κ1) is 25.8. The van der Waals surface area contributed by atoms with Crippen molar-refractivity contribution in [2.75, 3.05) is 18.6 Å². The molecule has 1 fully saturated rings. The van der Waals surface area contributed by atoms with E-state index < -0.39 is 64.8 Å². The van der Waals surface area contributed by atoms with E-state index in [-0.39, 0.29) is 37.9 Å². The summed E-state index contributed by atoms with van der Waals surface area (Å²) in [6.45, 7) is 1.43. The van der Waals surface area contributed by atoms with E-state index in [0.717, 1.165) is 23.0 Å². The fourth-order valence-electron chi connectivity index (χ4n) is 5.06. The zero-order chi connectivity index (χ0) is 26.6. The van der Waals surface area contributed by atoms with Gasteiger partial charge in [-0.1, -0.05) is 6.07 Å². The maximum absolute atomic E-state index is 13.9. The number of benzene rings is 1. The molecule has 0 saturated heterocycles. The second-order valence-electron chi connectivity index (χ2n) is 8.87. The van der Waals surface area contributed by atoms with Gasteiger partial charge in [0.05, 0.1) is 5.66 Å². The Hall–Kier alpha value is -3.28. The van der Waals surface area contributed by atoms with Crippen molar-refractivity contribution < 1.29 is 37.8 Å². The summed E-state index contributed by atoms with van der Waals surface area (Å²) >= 11 is 0. The molecular formula is C22H25F2N4O7P. The molecule has 194 valence electrons. The average molecular weight is 526 g/mol. The molecular weight excluding hydrogens is 501 g/mol. The van der Waals surface area contributed by atoms with Crippen LogP contribution in [0.25, 0.3) is 0 Å². The minimum Gasteiger partial charge on any atom is -0.502 e. The Morgan fingerprint density at radius 1 is 1.28 bits per heavy atom. The quantitative estimate of drug-likeness (QED) is 0.425. The Bertz CT molecular complexity index is 1360. The molecule has 2 aromatic rings. The molecule has 2 heterocycles. The molecule has 14 heteroatoms. The summed E-state index contributed by atoms with van der Waals surface area (Å²) in [6.07, 6.45) is 1.34. The lowest BCUT2D eigenvalue weighted by Gasteiger charge is -2.52. The van der Waals surface area contributed by atoms with E-state index in [1.54, 1.807) is 6.92 Å². The summed E-state index contributed by atoms with van der Waals surface area (Å²) in [5, 5.41) is 14.5. The van der Waals surface area contributed by atoms with Gasteiger partial charge in [0.25, 0.3) is 11.8 Å². The third-order valence-electron chi connectivity index (χ3n) is 6.97. The van der Waals surface area contributed by atoms with Crippen LogP contribution in [-0.4, -0.2) is 61.2 Å². The van der Waals surface area contributed by atoms with Gasteiger partial charge in [-0.15, -0.1) is 0 Å². The Balaban J connectivity index is 1.73. The number of rotatable bonds is 5. The molecule has 4 rings (SSSR count). The standard InChI is InChI=1S/C22H25F2N4O7P/c1-3-27-21(32)17-19(30)18(29)15(20(31)25-10-12-4-5-13(23)8-16(12)24)11-28(17)26(2)22(27)7-6-14(9-22)36(33,34)35/h4-5,8,11,14,30H,3,6-7,9-10H2,1-2H3,(H,25,31)(H2,33,34,35). The van der Waals surface area contributed by atoms with Crippen molar-refractivity contribution >= 4 is 19.4 Å². The number of pyridine rings is 1. The molecule has 36 heavy (non-hydrogen) atoms. The summed E-state index contributed by atoms with van der Waals surface area (Å²) in [7, 11) is -2.93. The Morgan fingerprint density at radius 2 is 1.97 bits per heavy atom. The van der Waals surface area contributed by atoms with Gasteiger partial charge in [0.1, 0.15) is 22.9 Å². The first-order chi connectivity index (χ1) is 16.8. The largest absolute Gasteiger partial charge is 0.502 e. The average Bonchev–Trinajstić information content (AvgIpc) is 3.25. The number of amides is 2. The Morgan fingerprint density at radius 3 is 2.56 bits per heavy atom. The van der Waals surface area contributed by atoms with Crippen LogP contribution >= 0.6 is 7.60 Å². The first-order valence-electron chi connectivity index (χ1n) is 11.1. The van der Waals surface area contributed by atoms with Crippen LogP contribution in [0.4, 0.5) is 8.78 Å². The first-order valence-corrected chi connectivity index (χ1v) is 12.8. The number of hydrogen-bond acceptors (Lipinski definition) is 6. The predicted molar refractivity (Wildman–Crippen MR) is 123 cm³/mol. The van der Waals surface area contributed by atoms with E-state index in [1.807, 2.05) is 0 Å². The van der Waals surface area contributed by atoms with Gasteiger partial charge < -0.3 is 25.1 Å². The molecule has 2 aliphatic rings. The topological polar surface area (TPSA) is 152 Å². The van der Waals surface area contributed by atoms with Crippen molar-refractivity contribution in [2.24, 2.45) is 0 Å². The van der Waals surface area contributed by atoms with E-state index in [2.05, 4.69) is 5.32 Å². The summed E-state index contributed by atoms with van der Waals surface area (Å²) < 4.78 is 40.1. The number of nitrogens with one attached hydrogen (secondary N) is 1. The summed E-state index contributed by atoms with van der Waals surface area (Å²) in [6, 6.07) is 2.79. The molecule has 1 aromatic heterocycles. The van der Waals surface area contributed by atoms with Crippen LogP contribution in [0.1, 0.15) is 52.6 Å². The fraction of sp³-hybridized carbons (Fsp3) is 0.409. The highest BCUT2D eigenvalue weighted by molar-refractivity contribution is 7.52. The summed E-state index contributed by atoms with van der Waals surface area (Å²) in [4.78, 5) is 59.8. The molecule has 2 unspecified atom stereocenters. The molecule has 1 aliphatic heterocycles. The lowest BCUT2D eigenvalue weighted by Crippen LogP contribution is -2.68. The van der Waals surface area contributed by atoms with Crippen LogP contribution < -0.4 is 15.8 Å². The van der Waals surface area contributed by atoms with Crippen LogP contribution in [-0.2, 0) is 11.1 Å². The fourth-order valence-corrected chi connectivity index (χ4v) is 6.05. The highest BCUT2D eigenvalue weighted by Gasteiger charge is 2.56. The van der Waals surface area contributed by atoms with Crippen molar-refractivity contribution in [2.45, 2.75) is 44.1 Å². The highest BCUT2D eigenvalue weighted by atomic mass is 31.2. The highest BCUT2D eigenvalue weighted by Crippen LogP contribution is 2.54. The second-order valence-corrected chi connectivity index (χ2v) is 10.8. The van der Waals surface area contributed by atoms with Gasteiger partial charge in [-0.05, 0) is 25.8 Å². The molecule has 2 amide bonds. The number of hydrogen-bond donors (Lipinski definition) is 4. The Kier molecular flexibility index (Phi) is 6.44. The third-order valence-corrected chi connectivity index (χ3v) is 8.36. The van der Waals surface area contributed by atoms with E-state index in [0.29, 0.717) is 6.07 Å². The number of halogens is 2. The molecule has 0 bridgehead atoms. The van der Waals surface area contributed by atoms with Crippen LogP contribution in [0.3, 0.4) is 0 Å². The number of carbonyl (C=O) groups is 2. The minimum atomic E-state index is -4.45. The van der Waals surface area contributed by atoms with E-state index in [9.17, 15) is 42.6 Å². The maximum atomic E-state index is 13.9. The molecule has 11 nitrogen and oxygen atoms in total. The summed E-state index contributed by atoms with van der Waals surface area (Å²) in [5.74, 6) is -4.35. The third kappa shape index (κ3) is 4.06. The zero-order valence-electron chi connectivity index (χ0n) is 19.4. The van der Waals surface area contributed by atoms with Crippen LogP contribution in [0.15, 0.2) is 29.2 Å². The molecule has 1 aliphatic carbocycles. The SMILES string of the molecule is CCN1C(=O)c2c(O)c(=O)c(C(=O)NCc3ccc(F)cc3F)cn2N(C)C12CCC(P(=O)(O)O)C2. The van der Waals surface area contributed by atoms with Crippen molar-refractivity contribution in [3.8, 4) is 5.75 Å². The van der Waals surface area contributed by atoms with Crippen LogP contribution in [0, 0.1) is 11.6 Å². The van der Waals surface area contributed by atoms with Gasteiger partial charge in [0.2, 0.25) is 5.43 Å². The van der Waals surface area contributed by atoms with E-state index in [4.69, 9.17) is 0 Å². The lowest BCUT2D eigenvalue weighted by molar-refractivity contribution is 0.0319. The lowest BCUT2D eigenvalue weighted by atomic mass is 10.0. The van der Waals surface area contributed by atoms with Crippen molar-refractivity contribution in [1.29, 1.82) is 0 Å². The van der Waals surface area contributed by atoms with Crippen molar-refractivity contribution in [1.82, 2.24) is 14.9 Å². The minimum absolute atomic E-state index is 0.0358. The normalized spacial score (nSPS) is 21.7. The predicted octanol–water partition coefficient (Wildman–Crippen LogP) is 1.23. The van der Waals surface area contributed by atoms with Gasteiger partial charge in [-0.25, -0.2) is 8.78 Å². The maximum Gasteiger partial charge on any atom is 0.328 e. The second kappa shape index (κ2) is 8.99. The van der Waals surface area contributed by atoms with Gasteiger partial charge >= 0.3 is 7.60 Å². The van der Waals surface area contributed by atoms with E-state index >= 15 is 0 Å². The Labute approximate surface area is 204 Å². The number of aromatic nitrogens is 1. The monoisotopic (exact) mass is 526 g/mol. The molecule has 1 spiro atoms. The van der Waals surface area contributed by atoms with Crippen molar-refractivity contribution in [3.05, 3.63) is 63.1 Å². The van der Waals surface area contributed by atoms with Gasteiger partial charge in [0, 0.05) is 44.4 Å². The van der Waals surface area contributed by atoms with Crippen LogP contribution in [0.5, 0.6) is 5.75 Å². The molecule has 2 atom stereocenters. The van der Waals surface area contributed by atoms with E-state index in [1.165, 1.54) is 17.0 Å².